The molecule has 2 heterocycles. The molecule has 222 valence electrons. The monoisotopic (exact) mass is 580 g/mol. The minimum absolute atomic E-state index is 0. The number of halogens is 4. The van der Waals surface area contributed by atoms with Crippen LogP contribution in [0.1, 0.15) is 53.8 Å². The molecule has 1 aliphatic carbocycles. The van der Waals surface area contributed by atoms with Crippen molar-refractivity contribution >= 4 is 27.3 Å². The molecule has 2 N–H and O–H groups in total. The van der Waals surface area contributed by atoms with E-state index in [0.717, 1.165) is 51.7 Å². The zero-order valence-corrected chi connectivity index (χ0v) is 23.6. The molecule has 8 nitrogen and oxygen atoms in total. The molecule has 1 amide bonds. The highest BCUT2D eigenvalue weighted by Crippen LogP contribution is 2.37. The van der Waals surface area contributed by atoms with Gasteiger partial charge in [0.1, 0.15) is 11.5 Å². The van der Waals surface area contributed by atoms with Gasteiger partial charge in [-0.3, -0.25) is 9.69 Å². The number of sulfone groups is 1. The van der Waals surface area contributed by atoms with Gasteiger partial charge >= 0.3 is 6.18 Å². The third kappa shape index (κ3) is 8.41. The van der Waals surface area contributed by atoms with Crippen LogP contribution in [-0.4, -0.2) is 80.9 Å². The van der Waals surface area contributed by atoms with Gasteiger partial charge in [0.2, 0.25) is 5.91 Å². The summed E-state index contributed by atoms with van der Waals surface area (Å²) < 4.78 is 77.9. The van der Waals surface area contributed by atoms with Crippen molar-refractivity contribution in [1.29, 1.82) is 0 Å². The average molecular weight is 581 g/mol. The van der Waals surface area contributed by atoms with Gasteiger partial charge in [0.25, 0.3) is 5.90 Å². The van der Waals surface area contributed by atoms with Crippen LogP contribution in [0.5, 0.6) is 0 Å². The number of alkyl halides is 3. The molecule has 0 aromatic heterocycles. The van der Waals surface area contributed by atoms with E-state index >= 15 is 0 Å². The number of carbonyl (C=O) groups is 1. The summed E-state index contributed by atoms with van der Waals surface area (Å²) in [6.07, 6.45) is 4.54. The Labute approximate surface area is 229 Å². The van der Waals surface area contributed by atoms with Crippen molar-refractivity contribution in [2.24, 2.45) is 4.99 Å². The van der Waals surface area contributed by atoms with Crippen LogP contribution >= 0.6 is 0 Å². The summed E-state index contributed by atoms with van der Waals surface area (Å²) in [5, 5.41) is 0. The highest BCUT2D eigenvalue weighted by molar-refractivity contribution is 7.90. The van der Waals surface area contributed by atoms with Crippen molar-refractivity contribution in [2.45, 2.75) is 75.1 Å². The first-order valence-corrected chi connectivity index (χ1v) is 14.8. The van der Waals surface area contributed by atoms with Crippen LogP contribution in [-0.2, 0) is 19.4 Å². The van der Waals surface area contributed by atoms with Gasteiger partial charge in [-0.25, -0.2) is 17.8 Å². The van der Waals surface area contributed by atoms with Crippen molar-refractivity contribution in [2.75, 3.05) is 38.7 Å². The second-order valence-corrected chi connectivity index (χ2v) is 11.3. The summed E-state index contributed by atoms with van der Waals surface area (Å²) in [7, 11) is -2.34. The number of methoxy groups -OCH3 is 1. The number of likely N-dealkylation sites (tertiary alicyclic amines) is 2. The van der Waals surface area contributed by atoms with Gasteiger partial charge in [0.15, 0.2) is 9.84 Å². The van der Waals surface area contributed by atoms with E-state index < -0.39 is 33.4 Å². The smallest absolute Gasteiger partial charge is 0.468 e. The number of anilines is 1. The molecule has 1 atom stereocenters. The topological polar surface area (TPSA) is 105 Å². The molecule has 1 unspecified atom stereocenters. The Kier molecular flexibility index (Phi) is 11.3. The van der Waals surface area contributed by atoms with Gasteiger partial charge < -0.3 is 15.4 Å². The Morgan fingerprint density at radius 3 is 2.23 bits per heavy atom. The summed E-state index contributed by atoms with van der Waals surface area (Å²) in [6.45, 7) is 6.04. The molecule has 1 aromatic carbocycles. The fourth-order valence-electron chi connectivity index (χ4n) is 4.63. The third-order valence-electron chi connectivity index (χ3n) is 6.75. The van der Waals surface area contributed by atoms with Gasteiger partial charge in [0.05, 0.1) is 17.7 Å². The molecule has 3 aliphatic rings. The maximum Gasteiger partial charge on any atom is 0.468 e. The number of amides is 1. The molecular weight excluding hydrogens is 540 g/mol. The highest BCUT2D eigenvalue weighted by atomic mass is 32.2. The number of hydrogen-bond acceptors (Lipinski definition) is 7. The number of nitrogen functional groups attached to an aromatic ring is 1. The standard InChI is InChI=1S/C17H24F3N3O2.C7H8FNO2S.C2H6.H2/c1-25-15(17(18,19)20)21-16(8-4-9-16)22-11-6-13(7-12-22)23-10-3-2-5-14(23)24;1-12(10,11)5-2-3-7(9)6(8)4-5;1-2;/h4,8,13H,2-3,5-7,9-12H2,1H3;2-4H,9H2,1H3;1-2H3;1H/b21-15-;;;. The molecule has 0 radical (unpaired) electrons. The average Bonchev–Trinajstić information content (AvgIpc) is 2.86. The van der Waals surface area contributed by atoms with Crippen molar-refractivity contribution in [1.82, 2.24) is 9.80 Å². The van der Waals surface area contributed by atoms with Crippen LogP contribution in [0, 0.1) is 5.82 Å². The molecular formula is C26H40F4N4O4S. The molecule has 1 aromatic rings. The van der Waals surface area contributed by atoms with Gasteiger partial charge in [-0.15, -0.1) is 0 Å². The lowest BCUT2D eigenvalue weighted by molar-refractivity contribution is -0.137. The molecule has 39 heavy (non-hydrogen) atoms. The van der Waals surface area contributed by atoms with Crippen LogP contribution < -0.4 is 5.73 Å². The Hall–Kier alpha value is -2.67. The van der Waals surface area contributed by atoms with Crippen LogP contribution in [0.3, 0.4) is 0 Å². The fourth-order valence-corrected chi connectivity index (χ4v) is 5.27. The van der Waals surface area contributed by atoms with Gasteiger partial charge in [-0.1, -0.05) is 19.9 Å². The number of benzene rings is 1. The predicted octanol–water partition coefficient (Wildman–Crippen LogP) is 4.81. The van der Waals surface area contributed by atoms with Crippen molar-refractivity contribution in [3.63, 3.8) is 0 Å². The van der Waals surface area contributed by atoms with Gasteiger partial charge in [-0.2, -0.15) is 13.2 Å². The number of nitrogens with zero attached hydrogens (tertiary/aromatic N) is 3. The lowest BCUT2D eigenvalue weighted by Crippen LogP contribution is -2.56. The molecule has 2 aliphatic heterocycles. The molecule has 13 heteroatoms. The number of rotatable bonds is 4. The zero-order chi connectivity index (χ0) is 29.4. The molecule has 2 fully saturated rings. The van der Waals surface area contributed by atoms with E-state index in [1.54, 1.807) is 6.08 Å². The summed E-state index contributed by atoms with van der Waals surface area (Å²) in [4.78, 5) is 19.9. The minimum atomic E-state index is -4.59. The number of nitrogens with two attached hydrogens (primary N) is 1. The predicted molar refractivity (Wildman–Crippen MR) is 145 cm³/mol. The number of piperidine rings is 2. The van der Waals surface area contributed by atoms with E-state index in [2.05, 4.69) is 9.73 Å². The van der Waals surface area contributed by atoms with Gasteiger partial charge in [-0.05, 0) is 50.0 Å². The molecule has 2 saturated heterocycles. The van der Waals surface area contributed by atoms with Crippen LogP contribution in [0.2, 0.25) is 0 Å². The maximum absolute atomic E-state index is 13.0. The molecule has 0 saturated carbocycles. The second-order valence-electron chi connectivity index (χ2n) is 9.32. The highest BCUT2D eigenvalue weighted by Gasteiger charge is 2.46. The Bertz CT molecular complexity index is 1160. The SMILES string of the molecule is CC.CO/C(=N\C1(N2CCC(N3CCCCC3=O)CC2)C=CC1)C(F)(F)F.CS(=O)(=O)c1ccc(N)c(F)c1.[HH]. The van der Waals surface area contributed by atoms with E-state index in [-0.39, 0.29) is 24.0 Å². The van der Waals surface area contributed by atoms with Crippen molar-refractivity contribution in [3.8, 4) is 0 Å². The van der Waals surface area contributed by atoms with Crippen LogP contribution in [0.4, 0.5) is 23.2 Å². The molecule has 4 rings (SSSR count). The third-order valence-corrected chi connectivity index (χ3v) is 7.86. The summed E-state index contributed by atoms with van der Waals surface area (Å²) in [5.41, 5.74) is 4.15. The summed E-state index contributed by atoms with van der Waals surface area (Å²) in [5.74, 6) is -1.69. The van der Waals surface area contributed by atoms with E-state index in [9.17, 15) is 30.8 Å². The Morgan fingerprint density at radius 1 is 1.18 bits per heavy atom. The first kappa shape index (κ1) is 32.5. The quantitative estimate of drug-likeness (QED) is 0.180. The largest absolute Gasteiger partial charge is 0.478 e. The Balaban J connectivity index is 0.000000451. The van der Waals surface area contributed by atoms with E-state index in [0.29, 0.717) is 25.9 Å². The van der Waals surface area contributed by atoms with Crippen molar-refractivity contribution < 1.29 is 36.9 Å². The number of hydrogen-bond donors (Lipinski definition) is 1. The lowest BCUT2D eigenvalue weighted by atomic mass is 9.89. The fraction of sp³-hybridized carbons (Fsp3) is 0.615. The van der Waals surface area contributed by atoms with E-state index in [4.69, 9.17) is 5.73 Å². The summed E-state index contributed by atoms with van der Waals surface area (Å²) in [6, 6.07) is 3.60. The second kappa shape index (κ2) is 13.6. The van der Waals surface area contributed by atoms with Gasteiger partial charge in [0, 0.05) is 46.2 Å². The molecule has 0 spiro atoms. The maximum atomic E-state index is 13.0. The van der Waals surface area contributed by atoms with Crippen molar-refractivity contribution in [3.05, 3.63) is 36.2 Å². The lowest BCUT2D eigenvalue weighted by Gasteiger charge is -2.48. The first-order chi connectivity index (χ1) is 18.3. The number of aliphatic imine (C=N–C) groups is 1. The first-order valence-electron chi connectivity index (χ1n) is 13.0. The molecule has 0 bridgehead atoms. The Morgan fingerprint density at radius 2 is 1.79 bits per heavy atom. The van der Waals surface area contributed by atoms with E-state index in [1.807, 2.05) is 29.7 Å². The normalized spacial score (nSPS) is 22.7. The minimum Gasteiger partial charge on any atom is -0.478 e. The van der Waals surface area contributed by atoms with E-state index in [1.165, 1.54) is 12.1 Å². The number of carbonyl (C=O) groups excluding carboxylic acids is 1. The van der Waals surface area contributed by atoms with Crippen LogP contribution in [0.15, 0.2) is 40.2 Å². The van der Waals surface area contributed by atoms with Crippen LogP contribution in [0.25, 0.3) is 0 Å². The zero-order valence-electron chi connectivity index (χ0n) is 22.8. The number of ether oxygens (including phenoxy) is 1. The summed E-state index contributed by atoms with van der Waals surface area (Å²) >= 11 is 0.